The van der Waals surface area contributed by atoms with Gasteiger partial charge in [0.2, 0.25) is 6.79 Å². The quantitative estimate of drug-likeness (QED) is 0.177. The number of phosphoric ester groups is 1. The molecule has 1 aromatic carbocycles. The number of hydrogen-bond acceptors (Lipinski definition) is 9. The van der Waals surface area contributed by atoms with E-state index in [2.05, 4.69) is 11.7 Å². The largest absolute Gasteiger partial charge is 0.490 e. The molecule has 9 nitrogen and oxygen atoms in total. The molecule has 10 heteroatoms. The van der Waals surface area contributed by atoms with E-state index in [4.69, 9.17) is 28.8 Å². The van der Waals surface area contributed by atoms with Crippen LogP contribution in [-0.4, -0.2) is 43.7 Å². The Hall–Kier alpha value is -1.64. The summed E-state index contributed by atoms with van der Waals surface area (Å²) in [5.74, 6) is 0.357. The van der Waals surface area contributed by atoms with Crippen molar-refractivity contribution in [1.29, 1.82) is 0 Å². The van der Waals surface area contributed by atoms with Crippen molar-refractivity contribution in [3.63, 3.8) is 0 Å². The van der Waals surface area contributed by atoms with E-state index in [0.29, 0.717) is 18.1 Å². The Labute approximate surface area is 197 Å². The van der Waals surface area contributed by atoms with Gasteiger partial charge in [-0.25, -0.2) is 9.09 Å². The summed E-state index contributed by atoms with van der Waals surface area (Å²) in [6.07, 6.45) is 2.10. The van der Waals surface area contributed by atoms with E-state index in [1.165, 1.54) is 7.11 Å². The van der Waals surface area contributed by atoms with Crippen molar-refractivity contribution in [2.75, 3.05) is 20.5 Å². The van der Waals surface area contributed by atoms with Crippen molar-refractivity contribution < 1.29 is 37.1 Å². The normalized spacial score (nSPS) is 13.5. The lowest BCUT2D eigenvalue weighted by atomic mass is 10.1. The van der Waals surface area contributed by atoms with Gasteiger partial charge in [-0.1, -0.05) is 19.4 Å². The van der Waals surface area contributed by atoms with Gasteiger partial charge in [-0.05, 0) is 72.1 Å². The van der Waals surface area contributed by atoms with Crippen LogP contribution >= 0.6 is 7.82 Å². The number of ether oxygens (including phenoxy) is 3. The number of phosphoric acid groups is 1. The minimum absolute atomic E-state index is 0.279. The lowest BCUT2D eigenvalue weighted by Crippen LogP contribution is -2.33. The van der Waals surface area contributed by atoms with E-state index in [1.54, 1.807) is 59.7 Å². The van der Waals surface area contributed by atoms with Crippen molar-refractivity contribution >= 4 is 13.8 Å². The lowest BCUT2D eigenvalue weighted by Gasteiger charge is -2.30. The lowest BCUT2D eigenvalue weighted by molar-refractivity contribution is -0.142. The second-order valence-corrected chi connectivity index (χ2v) is 11.1. The molecule has 0 spiro atoms. The minimum atomic E-state index is -3.92. The average Bonchev–Trinajstić information content (AvgIpc) is 2.65. The van der Waals surface area contributed by atoms with Gasteiger partial charge in [-0.15, -0.1) is 0 Å². The fourth-order valence-electron chi connectivity index (χ4n) is 2.62. The van der Waals surface area contributed by atoms with Gasteiger partial charge in [0, 0.05) is 0 Å². The van der Waals surface area contributed by atoms with Gasteiger partial charge in [0.1, 0.15) is 6.04 Å². The standard InChI is InChI=1S/C23H40NO8P/c1-9-10-13-28-20-15-17(14-18(24)21(25)27-8)11-12-19(20)29-16-30-33(26,31-22(2,3)4)32-23(5,6)7/h11-12,15,18H,9-10,13-14,16,24H2,1-8H3/t18-/m0/s1. The number of carbonyl (C=O) groups is 1. The predicted molar refractivity (Wildman–Crippen MR) is 126 cm³/mol. The monoisotopic (exact) mass is 489 g/mol. The molecule has 33 heavy (non-hydrogen) atoms. The van der Waals surface area contributed by atoms with E-state index in [-0.39, 0.29) is 13.2 Å². The Kier molecular flexibility index (Phi) is 11.3. The molecule has 0 aliphatic heterocycles. The summed E-state index contributed by atoms with van der Waals surface area (Å²) in [6, 6.07) is 4.42. The molecule has 0 fully saturated rings. The third-order valence-electron chi connectivity index (χ3n) is 3.92. The van der Waals surface area contributed by atoms with Gasteiger partial charge >= 0.3 is 13.8 Å². The van der Waals surface area contributed by atoms with E-state index in [9.17, 15) is 9.36 Å². The first-order valence-electron chi connectivity index (χ1n) is 11.1. The second-order valence-electron chi connectivity index (χ2n) is 9.56. The Balaban J connectivity index is 2.98. The molecular weight excluding hydrogens is 449 g/mol. The highest BCUT2D eigenvalue weighted by Gasteiger charge is 2.37. The van der Waals surface area contributed by atoms with Crippen LogP contribution in [0.3, 0.4) is 0 Å². The Morgan fingerprint density at radius 3 is 2.15 bits per heavy atom. The first-order valence-corrected chi connectivity index (χ1v) is 12.5. The van der Waals surface area contributed by atoms with E-state index in [0.717, 1.165) is 18.4 Å². The molecule has 0 aromatic heterocycles. The van der Waals surface area contributed by atoms with E-state index >= 15 is 0 Å². The van der Waals surface area contributed by atoms with Crippen molar-refractivity contribution in [3.8, 4) is 11.5 Å². The van der Waals surface area contributed by atoms with Gasteiger partial charge < -0.3 is 19.9 Å². The van der Waals surface area contributed by atoms with Crippen LogP contribution in [0.1, 0.15) is 66.9 Å². The van der Waals surface area contributed by atoms with Crippen LogP contribution in [-0.2, 0) is 34.1 Å². The highest BCUT2D eigenvalue weighted by atomic mass is 31.2. The molecule has 190 valence electrons. The average molecular weight is 490 g/mol. The van der Waals surface area contributed by atoms with Crippen LogP contribution < -0.4 is 15.2 Å². The van der Waals surface area contributed by atoms with Crippen molar-refractivity contribution in [2.45, 2.75) is 85.0 Å². The fraction of sp³-hybridized carbons (Fsp3) is 0.696. The summed E-state index contributed by atoms with van der Waals surface area (Å²) in [7, 11) is -2.62. The first kappa shape index (κ1) is 29.4. The molecule has 1 atom stereocenters. The topological polar surface area (TPSA) is 116 Å². The zero-order chi connectivity index (χ0) is 25.3. The van der Waals surface area contributed by atoms with Crippen LogP contribution in [0.25, 0.3) is 0 Å². The van der Waals surface area contributed by atoms with Gasteiger partial charge in [0.15, 0.2) is 11.5 Å². The Morgan fingerprint density at radius 1 is 1.03 bits per heavy atom. The molecule has 1 rings (SSSR count). The predicted octanol–water partition coefficient (Wildman–Crippen LogP) is 5.00. The third kappa shape index (κ3) is 11.9. The van der Waals surface area contributed by atoms with Gasteiger partial charge in [0.05, 0.1) is 24.9 Å². The number of unbranched alkanes of at least 4 members (excludes halogenated alkanes) is 1. The van der Waals surface area contributed by atoms with Gasteiger partial charge in [-0.2, -0.15) is 0 Å². The number of carbonyl (C=O) groups excluding carboxylic acids is 1. The molecule has 0 amide bonds. The Bertz CT molecular complexity index is 781. The molecular formula is C23H40NO8P. The number of benzene rings is 1. The summed E-state index contributed by atoms with van der Waals surface area (Å²) in [4.78, 5) is 11.6. The molecule has 0 heterocycles. The summed E-state index contributed by atoms with van der Waals surface area (Å²) in [5, 5.41) is 0. The molecule has 0 saturated carbocycles. The summed E-state index contributed by atoms with van der Waals surface area (Å²) in [6.45, 7) is 12.7. The summed E-state index contributed by atoms with van der Waals surface area (Å²) >= 11 is 0. The number of hydrogen-bond donors (Lipinski definition) is 1. The zero-order valence-electron chi connectivity index (χ0n) is 21.1. The van der Waals surface area contributed by atoms with E-state index < -0.39 is 31.0 Å². The number of nitrogens with two attached hydrogens (primary N) is 1. The van der Waals surface area contributed by atoms with Crippen molar-refractivity contribution in [3.05, 3.63) is 23.8 Å². The maximum atomic E-state index is 13.2. The molecule has 0 aliphatic carbocycles. The van der Waals surface area contributed by atoms with Crippen LogP contribution in [0.4, 0.5) is 0 Å². The Morgan fingerprint density at radius 2 is 1.64 bits per heavy atom. The van der Waals surface area contributed by atoms with Crippen LogP contribution in [0.15, 0.2) is 18.2 Å². The smallest absolute Gasteiger partial charge is 0.478 e. The second kappa shape index (κ2) is 12.7. The minimum Gasteiger partial charge on any atom is -0.490 e. The van der Waals surface area contributed by atoms with Crippen molar-refractivity contribution in [1.82, 2.24) is 0 Å². The van der Waals surface area contributed by atoms with Crippen LogP contribution in [0, 0.1) is 0 Å². The maximum absolute atomic E-state index is 13.2. The molecule has 1 aromatic rings. The molecule has 0 radical (unpaired) electrons. The fourth-order valence-corrected chi connectivity index (χ4v) is 4.29. The SMILES string of the molecule is CCCCOc1cc(C[C@H](N)C(=O)OC)ccc1OCOP(=O)(OC(C)(C)C)OC(C)(C)C. The third-order valence-corrected chi connectivity index (χ3v) is 5.88. The first-order chi connectivity index (χ1) is 15.2. The number of rotatable bonds is 13. The molecule has 0 unspecified atom stereocenters. The van der Waals surface area contributed by atoms with Crippen LogP contribution in [0.2, 0.25) is 0 Å². The zero-order valence-corrected chi connectivity index (χ0v) is 22.0. The van der Waals surface area contributed by atoms with Gasteiger partial charge in [-0.3, -0.25) is 13.8 Å². The highest BCUT2D eigenvalue weighted by Crippen LogP contribution is 2.55. The number of esters is 1. The maximum Gasteiger partial charge on any atom is 0.478 e. The summed E-state index contributed by atoms with van der Waals surface area (Å²) < 4.78 is 46.1. The van der Waals surface area contributed by atoms with Crippen molar-refractivity contribution in [2.24, 2.45) is 5.73 Å². The van der Waals surface area contributed by atoms with Crippen LogP contribution in [0.5, 0.6) is 11.5 Å². The molecule has 0 saturated heterocycles. The number of methoxy groups -OCH3 is 1. The molecule has 2 N–H and O–H groups in total. The van der Waals surface area contributed by atoms with E-state index in [1.807, 2.05) is 0 Å². The molecule has 0 aliphatic rings. The summed E-state index contributed by atoms with van der Waals surface area (Å²) in [5.41, 5.74) is 5.15. The van der Waals surface area contributed by atoms with Gasteiger partial charge in [0.25, 0.3) is 0 Å². The highest BCUT2D eigenvalue weighted by molar-refractivity contribution is 7.48. The molecule has 0 bridgehead atoms.